The molecule has 0 fully saturated rings. The molecule has 1 aliphatic carbocycles. The Balaban J connectivity index is 2.39. The molecule has 0 unspecified atom stereocenters. The summed E-state index contributed by atoms with van der Waals surface area (Å²) in [5.41, 5.74) is 0.852. The van der Waals surface area contributed by atoms with Crippen LogP contribution < -0.4 is 9.47 Å². The van der Waals surface area contributed by atoms with Crippen molar-refractivity contribution >= 4 is 6.29 Å². The van der Waals surface area contributed by atoms with Gasteiger partial charge in [0.05, 0.1) is 18.2 Å². The second-order valence-electron chi connectivity index (χ2n) is 3.58. The lowest BCUT2D eigenvalue weighted by molar-refractivity contribution is 0.111. The Morgan fingerprint density at radius 1 is 1.28 bits per heavy atom. The molecule has 0 amide bonds. The molecule has 92 valence electrons. The number of carbonyl (C=O) groups is 1. The number of aldehydes is 1. The Bertz CT molecular complexity index is 539. The van der Waals surface area contributed by atoms with Gasteiger partial charge in [-0.1, -0.05) is 18.2 Å². The Morgan fingerprint density at radius 2 is 2.00 bits per heavy atom. The standard InChI is InChI=1S/C14H12O4/c1-17-12-8-4-7-11(9-15)13(12)18-14(16)10-5-2-3-6-10/h2-9,16H,1H3. The minimum atomic E-state index is -0.271. The van der Waals surface area contributed by atoms with E-state index in [1.807, 2.05) is 0 Å². The molecular weight excluding hydrogens is 232 g/mol. The first kappa shape index (κ1) is 12.0. The number of aliphatic hydroxyl groups is 1. The van der Waals surface area contributed by atoms with E-state index in [9.17, 15) is 9.90 Å². The molecule has 1 aliphatic rings. The van der Waals surface area contributed by atoms with Crippen LogP contribution in [0.15, 0.2) is 54.0 Å². The summed E-state index contributed by atoms with van der Waals surface area (Å²) in [6, 6.07) is 4.92. The highest BCUT2D eigenvalue weighted by Gasteiger charge is 2.14. The van der Waals surface area contributed by atoms with Crippen molar-refractivity contribution in [1.82, 2.24) is 0 Å². The summed E-state index contributed by atoms with van der Waals surface area (Å²) in [5.74, 6) is 0.319. The second-order valence-corrected chi connectivity index (χ2v) is 3.58. The highest BCUT2D eigenvalue weighted by atomic mass is 16.6. The van der Waals surface area contributed by atoms with Crippen LogP contribution in [0, 0.1) is 0 Å². The molecule has 0 aromatic heterocycles. The van der Waals surface area contributed by atoms with Gasteiger partial charge in [0, 0.05) is 0 Å². The van der Waals surface area contributed by atoms with E-state index in [0.29, 0.717) is 23.2 Å². The molecule has 18 heavy (non-hydrogen) atoms. The van der Waals surface area contributed by atoms with E-state index >= 15 is 0 Å². The van der Waals surface area contributed by atoms with Crippen LogP contribution >= 0.6 is 0 Å². The Kier molecular flexibility index (Phi) is 3.48. The van der Waals surface area contributed by atoms with Crippen molar-refractivity contribution in [2.45, 2.75) is 0 Å². The molecule has 1 N–H and O–H groups in total. The van der Waals surface area contributed by atoms with Gasteiger partial charge in [0.1, 0.15) is 0 Å². The summed E-state index contributed by atoms with van der Waals surface area (Å²) >= 11 is 0. The zero-order valence-electron chi connectivity index (χ0n) is 9.79. The molecule has 0 spiro atoms. The van der Waals surface area contributed by atoms with Gasteiger partial charge in [0.15, 0.2) is 17.8 Å². The van der Waals surface area contributed by atoms with E-state index in [-0.39, 0.29) is 11.7 Å². The first-order chi connectivity index (χ1) is 8.76. The molecule has 0 saturated carbocycles. The Hall–Kier alpha value is -2.49. The molecule has 4 heteroatoms. The predicted octanol–water partition coefficient (Wildman–Crippen LogP) is 2.78. The van der Waals surface area contributed by atoms with Gasteiger partial charge in [-0.05, 0) is 24.3 Å². The van der Waals surface area contributed by atoms with Gasteiger partial charge in [0.2, 0.25) is 0 Å². The SMILES string of the molecule is COc1cccc(C=O)c1OC(O)=C1C=CC=C1. The lowest BCUT2D eigenvalue weighted by atomic mass is 10.2. The fourth-order valence-electron chi connectivity index (χ4n) is 1.57. The van der Waals surface area contributed by atoms with Crippen LogP contribution in [-0.4, -0.2) is 18.5 Å². The van der Waals surface area contributed by atoms with Gasteiger partial charge in [0.25, 0.3) is 5.95 Å². The average molecular weight is 244 g/mol. The van der Waals surface area contributed by atoms with Crippen LogP contribution in [0.3, 0.4) is 0 Å². The maximum atomic E-state index is 10.9. The Morgan fingerprint density at radius 3 is 2.61 bits per heavy atom. The highest BCUT2D eigenvalue weighted by Crippen LogP contribution is 2.32. The third-order valence-electron chi connectivity index (χ3n) is 2.46. The van der Waals surface area contributed by atoms with Gasteiger partial charge >= 0.3 is 0 Å². The van der Waals surface area contributed by atoms with Crippen LogP contribution in [0.25, 0.3) is 0 Å². The van der Waals surface area contributed by atoms with Gasteiger partial charge < -0.3 is 14.6 Å². The van der Waals surface area contributed by atoms with Crippen LogP contribution in [0.5, 0.6) is 11.5 Å². The van der Waals surface area contributed by atoms with E-state index in [1.165, 1.54) is 7.11 Å². The molecule has 0 aliphatic heterocycles. The van der Waals surface area contributed by atoms with Crippen LogP contribution in [0.2, 0.25) is 0 Å². The monoisotopic (exact) mass is 244 g/mol. The number of hydrogen-bond donors (Lipinski definition) is 1. The van der Waals surface area contributed by atoms with Crippen molar-refractivity contribution in [1.29, 1.82) is 0 Å². The summed E-state index contributed by atoms with van der Waals surface area (Å²) in [4.78, 5) is 10.9. The number of para-hydroxylation sites is 1. The average Bonchev–Trinajstić information content (AvgIpc) is 2.93. The number of carbonyl (C=O) groups excluding carboxylic acids is 1. The minimum absolute atomic E-state index is 0.202. The van der Waals surface area contributed by atoms with Gasteiger partial charge in [-0.25, -0.2) is 0 Å². The third-order valence-corrected chi connectivity index (χ3v) is 2.46. The zero-order chi connectivity index (χ0) is 13.0. The lowest BCUT2D eigenvalue weighted by Crippen LogP contribution is -2.01. The Labute approximate surface area is 104 Å². The molecule has 0 saturated heterocycles. The predicted molar refractivity (Wildman–Crippen MR) is 66.9 cm³/mol. The van der Waals surface area contributed by atoms with Crippen LogP contribution in [0.4, 0.5) is 0 Å². The molecule has 1 aromatic carbocycles. The summed E-state index contributed by atoms with van der Waals surface area (Å²) in [5, 5.41) is 9.83. The number of ether oxygens (including phenoxy) is 2. The van der Waals surface area contributed by atoms with Crippen LogP contribution in [0.1, 0.15) is 10.4 Å². The molecule has 0 heterocycles. The van der Waals surface area contributed by atoms with Crippen molar-refractivity contribution in [3.63, 3.8) is 0 Å². The summed E-state index contributed by atoms with van der Waals surface area (Å²) in [6.07, 6.45) is 7.60. The fraction of sp³-hybridized carbons (Fsp3) is 0.0714. The fourth-order valence-corrected chi connectivity index (χ4v) is 1.57. The number of hydrogen-bond acceptors (Lipinski definition) is 4. The molecule has 0 atom stereocenters. The summed E-state index contributed by atoms with van der Waals surface area (Å²) < 4.78 is 10.4. The molecule has 4 nitrogen and oxygen atoms in total. The highest BCUT2D eigenvalue weighted by molar-refractivity contribution is 5.81. The normalized spacial score (nSPS) is 12.6. The zero-order valence-corrected chi connectivity index (χ0v) is 9.79. The van der Waals surface area contributed by atoms with E-state index < -0.39 is 0 Å². The van der Waals surface area contributed by atoms with E-state index in [2.05, 4.69) is 0 Å². The quantitative estimate of drug-likeness (QED) is 0.653. The molecule has 0 bridgehead atoms. The van der Waals surface area contributed by atoms with Crippen molar-refractivity contribution in [2.24, 2.45) is 0 Å². The number of benzene rings is 1. The minimum Gasteiger partial charge on any atom is -0.493 e. The number of allylic oxidation sites excluding steroid dienone is 5. The van der Waals surface area contributed by atoms with Crippen molar-refractivity contribution in [3.8, 4) is 11.5 Å². The molecular formula is C14H12O4. The summed E-state index contributed by atoms with van der Waals surface area (Å²) in [7, 11) is 1.47. The maximum Gasteiger partial charge on any atom is 0.289 e. The molecule has 1 aromatic rings. The van der Waals surface area contributed by atoms with Gasteiger partial charge in [-0.2, -0.15) is 0 Å². The maximum absolute atomic E-state index is 10.9. The van der Waals surface area contributed by atoms with Crippen molar-refractivity contribution in [2.75, 3.05) is 7.11 Å². The smallest absolute Gasteiger partial charge is 0.289 e. The number of rotatable bonds is 4. The topological polar surface area (TPSA) is 55.8 Å². The van der Waals surface area contributed by atoms with Gasteiger partial charge in [-0.3, -0.25) is 4.79 Å². The van der Waals surface area contributed by atoms with Gasteiger partial charge in [-0.15, -0.1) is 0 Å². The van der Waals surface area contributed by atoms with Crippen LogP contribution in [-0.2, 0) is 0 Å². The largest absolute Gasteiger partial charge is 0.493 e. The lowest BCUT2D eigenvalue weighted by Gasteiger charge is -2.11. The third kappa shape index (κ3) is 2.27. The number of aliphatic hydroxyl groups excluding tert-OH is 1. The van der Waals surface area contributed by atoms with E-state index in [1.54, 1.807) is 42.5 Å². The first-order valence-corrected chi connectivity index (χ1v) is 5.34. The first-order valence-electron chi connectivity index (χ1n) is 5.34. The number of methoxy groups -OCH3 is 1. The van der Waals surface area contributed by atoms with Crippen molar-refractivity contribution < 1.29 is 19.4 Å². The molecule has 0 radical (unpaired) electrons. The molecule has 2 rings (SSSR count). The van der Waals surface area contributed by atoms with Crippen molar-refractivity contribution in [3.05, 3.63) is 59.6 Å². The van der Waals surface area contributed by atoms with E-state index in [4.69, 9.17) is 9.47 Å². The second kappa shape index (κ2) is 5.23. The van der Waals surface area contributed by atoms with E-state index in [0.717, 1.165) is 0 Å². The summed E-state index contributed by atoms with van der Waals surface area (Å²) in [6.45, 7) is 0.